The van der Waals surface area contributed by atoms with Gasteiger partial charge in [0.2, 0.25) is 11.8 Å². The van der Waals surface area contributed by atoms with E-state index in [4.69, 9.17) is 12.2 Å². The number of amides is 2. The zero-order valence-corrected chi connectivity index (χ0v) is 15.5. The number of nitrogens with one attached hydrogen (secondary N) is 3. The molecule has 28 heavy (non-hydrogen) atoms. The molecule has 3 rings (SSSR count). The minimum Gasteiger partial charge on any atom is -0.326 e. The monoisotopic (exact) mass is 395 g/mol. The molecular formula is C19H17N5O3S. The summed E-state index contributed by atoms with van der Waals surface area (Å²) in [6, 6.07) is 13.6. The Morgan fingerprint density at radius 3 is 1.96 bits per heavy atom. The summed E-state index contributed by atoms with van der Waals surface area (Å²) in [5.41, 5.74) is 2.54. The maximum absolute atomic E-state index is 12.1. The van der Waals surface area contributed by atoms with E-state index in [1.807, 2.05) is 0 Å². The van der Waals surface area contributed by atoms with E-state index in [0.29, 0.717) is 21.7 Å². The van der Waals surface area contributed by atoms with Crippen molar-refractivity contribution in [2.45, 2.75) is 12.8 Å². The van der Waals surface area contributed by atoms with Gasteiger partial charge in [-0.3, -0.25) is 24.0 Å². The van der Waals surface area contributed by atoms with Gasteiger partial charge in [0.25, 0.3) is 0 Å². The van der Waals surface area contributed by atoms with Gasteiger partial charge in [0.15, 0.2) is 4.77 Å². The maximum atomic E-state index is 12.1. The van der Waals surface area contributed by atoms with E-state index < -0.39 is 0 Å². The van der Waals surface area contributed by atoms with Gasteiger partial charge < -0.3 is 10.6 Å². The van der Waals surface area contributed by atoms with Crippen LogP contribution >= 0.6 is 12.2 Å². The Kier molecular flexibility index (Phi) is 6.07. The van der Waals surface area contributed by atoms with E-state index in [2.05, 4.69) is 20.8 Å². The summed E-state index contributed by atoms with van der Waals surface area (Å²) in [6.07, 6.45) is 2.39. The third-order valence-electron chi connectivity index (χ3n) is 3.89. The summed E-state index contributed by atoms with van der Waals surface area (Å²) in [6.45, 7) is 0. The maximum Gasteiger partial charge on any atom is 0.224 e. The van der Waals surface area contributed by atoms with Crippen LogP contribution in [0, 0.1) is 4.77 Å². The molecule has 2 aromatic carbocycles. The number of aromatic nitrogens is 3. The molecule has 1 aromatic heterocycles. The Morgan fingerprint density at radius 1 is 0.964 bits per heavy atom. The van der Waals surface area contributed by atoms with Crippen molar-refractivity contribution in [3.63, 3.8) is 0 Å². The number of carbonyl (C=O) groups excluding carboxylic acids is 3. The zero-order chi connectivity index (χ0) is 19.9. The van der Waals surface area contributed by atoms with Crippen LogP contribution in [0.25, 0.3) is 5.69 Å². The number of rotatable bonds is 7. The first-order valence-corrected chi connectivity index (χ1v) is 8.83. The molecule has 0 saturated carbocycles. The second-order valence-corrected chi connectivity index (χ2v) is 6.30. The Bertz CT molecular complexity index is 1040. The number of aldehydes is 1. The highest BCUT2D eigenvalue weighted by Crippen LogP contribution is 2.14. The number of benzene rings is 2. The molecule has 0 radical (unpaired) electrons. The Morgan fingerprint density at radius 2 is 1.50 bits per heavy atom. The SMILES string of the molecule is O=Cc1ccc(NC(=O)CCC(=O)Nc2ccc(-n3cn[nH]c3=S)cc2)cc1. The van der Waals surface area contributed by atoms with Crippen molar-refractivity contribution >= 4 is 41.7 Å². The third kappa shape index (κ3) is 4.98. The molecule has 0 aliphatic rings. The quantitative estimate of drug-likeness (QED) is 0.421. The van der Waals surface area contributed by atoms with Gasteiger partial charge in [0.1, 0.15) is 12.6 Å². The topological polar surface area (TPSA) is 109 Å². The first-order chi connectivity index (χ1) is 13.5. The standard InChI is InChI=1S/C19H17N5O3S/c25-11-13-1-3-14(4-2-13)21-17(26)9-10-18(27)22-15-5-7-16(8-6-15)24-12-20-23-19(24)28/h1-8,11-12H,9-10H2,(H,21,26)(H,22,27)(H,23,28). The van der Waals surface area contributed by atoms with Crippen LogP contribution in [0.3, 0.4) is 0 Å². The van der Waals surface area contributed by atoms with E-state index in [1.54, 1.807) is 59.4 Å². The number of aromatic amines is 1. The number of hydrogen-bond donors (Lipinski definition) is 3. The molecule has 8 nitrogen and oxygen atoms in total. The van der Waals surface area contributed by atoms with Crippen LogP contribution in [0.5, 0.6) is 0 Å². The smallest absolute Gasteiger partial charge is 0.224 e. The Balaban J connectivity index is 1.48. The molecule has 2 amide bonds. The third-order valence-corrected chi connectivity index (χ3v) is 4.18. The molecule has 142 valence electrons. The van der Waals surface area contributed by atoms with Crippen molar-refractivity contribution in [2.24, 2.45) is 0 Å². The molecule has 3 N–H and O–H groups in total. The van der Waals surface area contributed by atoms with Crippen molar-refractivity contribution in [2.75, 3.05) is 10.6 Å². The van der Waals surface area contributed by atoms with Gasteiger partial charge in [-0.2, -0.15) is 5.10 Å². The van der Waals surface area contributed by atoms with E-state index >= 15 is 0 Å². The van der Waals surface area contributed by atoms with E-state index in [0.717, 1.165) is 12.0 Å². The van der Waals surface area contributed by atoms with Gasteiger partial charge in [0, 0.05) is 35.5 Å². The van der Waals surface area contributed by atoms with E-state index in [-0.39, 0.29) is 24.7 Å². The van der Waals surface area contributed by atoms with E-state index in [9.17, 15) is 14.4 Å². The predicted octanol–water partition coefficient (Wildman–Crippen LogP) is 3.10. The molecule has 0 aliphatic heterocycles. The number of hydrogen-bond acceptors (Lipinski definition) is 5. The molecule has 1 heterocycles. The molecule has 0 bridgehead atoms. The summed E-state index contributed by atoms with van der Waals surface area (Å²) in [4.78, 5) is 34.6. The summed E-state index contributed by atoms with van der Waals surface area (Å²) in [7, 11) is 0. The van der Waals surface area contributed by atoms with Crippen molar-refractivity contribution in [3.8, 4) is 5.69 Å². The van der Waals surface area contributed by atoms with Crippen molar-refractivity contribution in [3.05, 3.63) is 65.2 Å². The summed E-state index contributed by atoms with van der Waals surface area (Å²) in [5, 5.41) is 12.0. The minimum atomic E-state index is -0.279. The number of anilines is 2. The highest BCUT2D eigenvalue weighted by Gasteiger charge is 2.08. The van der Waals surface area contributed by atoms with Gasteiger partial charge in [0.05, 0.1) is 0 Å². The van der Waals surface area contributed by atoms with Gasteiger partial charge in [-0.1, -0.05) is 0 Å². The number of nitrogens with zero attached hydrogens (tertiary/aromatic N) is 2. The van der Waals surface area contributed by atoms with Crippen molar-refractivity contribution < 1.29 is 14.4 Å². The Labute approximate surface area is 165 Å². The highest BCUT2D eigenvalue weighted by atomic mass is 32.1. The average molecular weight is 395 g/mol. The molecule has 0 unspecified atom stereocenters. The van der Waals surface area contributed by atoms with Crippen molar-refractivity contribution in [1.29, 1.82) is 0 Å². The second-order valence-electron chi connectivity index (χ2n) is 5.91. The summed E-state index contributed by atoms with van der Waals surface area (Å²) < 4.78 is 2.18. The molecule has 0 fully saturated rings. The predicted molar refractivity (Wildman–Crippen MR) is 107 cm³/mol. The lowest BCUT2D eigenvalue weighted by molar-refractivity contribution is -0.121. The lowest BCUT2D eigenvalue weighted by atomic mass is 10.2. The number of carbonyl (C=O) groups is 3. The van der Waals surface area contributed by atoms with Gasteiger partial charge >= 0.3 is 0 Å². The van der Waals surface area contributed by atoms with Crippen LogP contribution in [0.1, 0.15) is 23.2 Å². The zero-order valence-electron chi connectivity index (χ0n) is 14.7. The fourth-order valence-electron chi connectivity index (χ4n) is 2.46. The lowest BCUT2D eigenvalue weighted by Gasteiger charge is -2.08. The van der Waals surface area contributed by atoms with Crippen LogP contribution in [0.4, 0.5) is 11.4 Å². The van der Waals surface area contributed by atoms with Crippen LogP contribution in [-0.4, -0.2) is 32.9 Å². The highest BCUT2D eigenvalue weighted by molar-refractivity contribution is 7.71. The van der Waals surface area contributed by atoms with E-state index in [1.165, 1.54) is 0 Å². The van der Waals surface area contributed by atoms with Crippen LogP contribution in [-0.2, 0) is 9.59 Å². The summed E-state index contributed by atoms with van der Waals surface area (Å²) >= 11 is 5.11. The van der Waals surface area contributed by atoms with Gasteiger partial charge in [-0.25, -0.2) is 0 Å². The molecule has 0 saturated heterocycles. The van der Waals surface area contributed by atoms with Gasteiger partial charge in [-0.15, -0.1) is 0 Å². The molecule has 0 spiro atoms. The van der Waals surface area contributed by atoms with Crippen LogP contribution < -0.4 is 10.6 Å². The van der Waals surface area contributed by atoms with Crippen molar-refractivity contribution in [1.82, 2.24) is 14.8 Å². The first kappa shape index (κ1) is 19.2. The molecule has 0 atom stereocenters. The van der Waals surface area contributed by atoms with Crippen LogP contribution in [0.15, 0.2) is 54.9 Å². The number of H-pyrrole nitrogens is 1. The molecule has 0 aliphatic carbocycles. The lowest BCUT2D eigenvalue weighted by Crippen LogP contribution is -2.17. The molecule has 9 heteroatoms. The molecule has 3 aromatic rings. The molecular weight excluding hydrogens is 378 g/mol. The minimum absolute atomic E-state index is 0.0452. The average Bonchev–Trinajstić information content (AvgIpc) is 3.13. The fraction of sp³-hybridized carbons (Fsp3) is 0.105. The second kappa shape index (κ2) is 8.87. The first-order valence-electron chi connectivity index (χ1n) is 8.42. The summed E-state index contributed by atoms with van der Waals surface area (Å²) in [5.74, 6) is -0.544. The van der Waals surface area contributed by atoms with Crippen LogP contribution in [0.2, 0.25) is 0 Å². The normalized spacial score (nSPS) is 10.3. The van der Waals surface area contributed by atoms with Gasteiger partial charge in [-0.05, 0) is 60.7 Å². The fourth-order valence-corrected chi connectivity index (χ4v) is 2.66. The Hall–Kier alpha value is -3.59. The largest absolute Gasteiger partial charge is 0.326 e.